The molecule has 17 heavy (non-hydrogen) atoms. The molecule has 1 aromatic carbocycles. The van der Waals surface area contributed by atoms with E-state index in [4.69, 9.17) is 9.84 Å². The summed E-state index contributed by atoms with van der Waals surface area (Å²) in [7, 11) is 3.35. The van der Waals surface area contributed by atoms with Crippen molar-refractivity contribution in [3.05, 3.63) is 33.9 Å². The van der Waals surface area contributed by atoms with Crippen molar-refractivity contribution in [1.82, 2.24) is 4.90 Å². The zero-order valence-corrected chi connectivity index (χ0v) is 9.92. The lowest BCUT2D eigenvalue weighted by molar-refractivity contribution is -0.384. The van der Waals surface area contributed by atoms with Crippen molar-refractivity contribution in [3.8, 4) is 5.75 Å². The van der Waals surface area contributed by atoms with Crippen LogP contribution in [-0.2, 0) is 6.54 Å². The van der Waals surface area contributed by atoms with E-state index in [9.17, 15) is 10.1 Å². The highest BCUT2D eigenvalue weighted by molar-refractivity contribution is 5.43. The van der Waals surface area contributed by atoms with Gasteiger partial charge in [0.15, 0.2) is 0 Å². The summed E-state index contributed by atoms with van der Waals surface area (Å²) in [6, 6.07) is 4.49. The summed E-state index contributed by atoms with van der Waals surface area (Å²) in [5, 5.41) is 19.5. The second-order valence-corrected chi connectivity index (χ2v) is 3.71. The van der Waals surface area contributed by atoms with E-state index in [1.165, 1.54) is 19.2 Å². The molecule has 94 valence electrons. The highest BCUT2D eigenvalue weighted by atomic mass is 16.6. The Morgan fingerprint density at radius 2 is 2.24 bits per heavy atom. The monoisotopic (exact) mass is 240 g/mol. The van der Waals surface area contributed by atoms with E-state index in [-0.39, 0.29) is 12.3 Å². The molecule has 0 bridgehead atoms. The standard InChI is InChI=1S/C11H16N2O4/c1-12(5-6-14)8-9-7-10(13(15)16)3-4-11(9)17-2/h3-4,7,14H,5-6,8H2,1-2H3. The van der Waals surface area contributed by atoms with Gasteiger partial charge in [0.25, 0.3) is 5.69 Å². The molecular weight excluding hydrogens is 224 g/mol. The van der Waals surface area contributed by atoms with E-state index < -0.39 is 4.92 Å². The smallest absolute Gasteiger partial charge is 0.270 e. The van der Waals surface area contributed by atoms with E-state index in [1.54, 1.807) is 6.07 Å². The molecule has 0 aromatic heterocycles. The van der Waals surface area contributed by atoms with Gasteiger partial charge >= 0.3 is 0 Å². The molecule has 0 fully saturated rings. The van der Waals surface area contributed by atoms with Crippen molar-refractivity contribution < 1.29 is 14.8 Å². The average Bonchev–Trinajstić information content (AvgIpc) is 2.29. The molecule has 0 radical (unpaired) electrons. The highest BCUT2D eigenvalue weighted by Crippen LogP contribution is 2.24. The lowest BCUT2D eigenvalue weighted by Gasteiger charge is -2.16. The van der Waals surface area contributed by atoms with Crippen LogP contribution in [0, 0.1) is 10.1 Å². The van der Waals surface area contributed by atoms with Gasteiger partial charge in [0.2, 0.25) is 0 Å². The predicted octanol–water partition coefficient (Wildman–Crippen LogP) is 1.03. The number of hydrogen-bond donors (Lipinski definition) is 1. The molecule has 0 heterocycles. The van der Waals surface area contributed by atoms with Crippen LogP contribution in [0.25, 0.3) is 0 Å². The summed E-state index contributed by atoms with van der Waals surface area (Å²) in [6.45, 7) is 1.05. The predicted molar refractivity (Wildman–Crippen MR) is 63.1 cm³/mol. The number of ether oxygens (including phenoxy) is 1. The first-order chi connectivity index (χ1) is 8.08. The molecule has 1 rings (SSSR count). The summed E-state index contributed by atoms with van der Waals surface area (Å²) in [5.74, 6) is 0.611. The maximum absolute atomic E-state index is 10.7. The molecule has 6 nitrogen and oxygen atoms in total. The van der Waals surface area contributed by atoms with Gasteiger partial charge in [0.05, 0.1) is 18.6 Å². The number of hydrogen-bond acceptors (Lipinski definition) is 5. The Bertz CT molecular complexity index is 395. The fourth-order valence-corrected chi connectivity index (χ4v) is 1.54. The summed E-state index contributed by atoms with van der Waals surface area (Å²) in [6.07, 6.45) is 0. The van der Waals surface area contributed by atoms with Crippen molar-refractivity contribution in [3.63, 3.8) is 0 Å². The zero-order valence-electron chi connectivity index (χ0n) is 9.92. The number of benzene rings is 1. The molecule has 1 aromatic rings. The first kappa shape index (κ1) is 13.4. The van der Waals surface area contributed by atoms with Crippen LogP contribution in [0.4, 0.5) is 5.69 Å². The Morgan fingerprint density at radius 1 is 1.53 bits per heavy atom. The third-order valence-electron chi connectivity index (χ3n) is 2.40. The van der Waals surface area contributed by atoms with Gasteiger partial charge in [-0.05, 0) is 13.1 Å². The molecule has 0 aliphatic carbocycles. The van der Waals surface area contributed by atoms with E-state index in [1.807, 2.05) is 11.9 Å². The fourth-order valence-electron chi connectivity index (χ4n) is 1.54. The molecule has 0 aliphatic heterocycles. The third-order valence-corrected chi connectivity index (χ3v) is 2.40. The Labute approximate surface area is 99.6 Å². The fraction of sp³-hybridized carbons (Fsp3) is 0.455. The number of nitro benzene ring substituents is 1. The van der Waals surface area contributed by atoms with Crippen LogP contribution in [0.2, 0.25) is 0 Å². The summed E-state index contributed by atoms with van der Waals surface area (Å²) >= 11 is 0. The number of rotatable bonds is 6. The molecule has 0 atom stereocenters. The van der Waals surface area contributed by atoms with Crippen LogP contribution in [0.5, 0.6) is 5.75 Å². The second-order valence-electron chi connectivity index (χ2n) is 3.71. The molecule has 0 saturated heterocycles. The summed E-state index contributed by atoms with van der Waals surface area (Å²) in [4.78, 5) is 12.1. The van der Waals surface area contributed by atoms with Gasteiger partial charge in [-0.3, -0.25) is 15.0 Å². The second kappa shape index (κ2) is 6.17. The van der Waals surface area contributed by atoms with Crippen LogP contribution in [0.15, 0.2) is 18.2 Å². The van der Waals surface area contributed by atoms with E-state index >= 15 is 0 Å². The first-order valence-corrected chi connectivity index (χ1v) is 5.19. The van der Waals surface area contributed by atoms with Gasteiger partial charge in [-0.15, -0.1) is 0 Å². The van der Waals surface area contributed by atoms with Crippen molar-refractivity contribution in [2.45, 2.75) is 6.54 Å². The normalized spacial score (nSPS) is 10.6. The Kier molecular flexibility index (Phi) is 4.86. The summed E-state index contributed by atoms with van der Waals surface area (Å²) < 4.78 is 5.15. The number of nitrogens with zero attached hydrogens (tertiary/aromatic N) is 2. The minimum absolute atomic E-state index is 0.0400. The zero-order chi connectivity index (χ0) is 12.8. The minimum atomic E-state index is -0.436. The number of nitro groups is 1. The van der Waals surface area contributed by atoms with Crippen LogP contribution in [0.3, 0.4) is 0 Å². The van der Waals surface area contributed by atoms with Crippen LogP contribution < -0.4 is 4.74 Å². The van der Waals surface area contributed by atoms with Crippen molar-refractivity contribution >= 4 is 5.69 Å². The lowest BCUT2D eigenvalue weighted by Crippen LogP contribution is -2.21. The van der Waals surface area contributed by atoms with Crippen molar-refractivity contribution in [2.75, 3.05) is 27.3 Å². The average molecular weight is 240 g/mol. The quantitative estimate of drug-likeness (QED) is 0.593. The van der Waals surface area contributed by atoms with Crippen molar-refractivity contribution in [2.24, 2.45) is 0 Å². The minimum Gasteiger partial charge on any atom is -0.496 e. The molecule has 6 heteroatoms. The Balaban J connectivity index is 2.93. The van der Waals surface area contributed by atoms with Crippen LogP contribution in [0.1, 0.15) is 5.56 Å². The van der Waals surface area contributed by atoms with Gasteiger partial charge in [-0.25, -0.2) is 0 Å². The maximum Gasteiger partial charge on any atom is 0.270 e. The van der Waals surface area contributed by atoms with E-state index in [2.05, 4.69) is 0 Å². The molecule has 0 saturated carbocycles. The molecule has 0 unspecified atom stereocenters. The van der Waals surface area contributed by atoms with Gasteiger partial charge in [0.1, 0.15) is 5.75 Å². The lowest BCUT2D eigenvalue weighted by atomic mass is 10.1. The number of aliphatic hydroxyl groups is 1. The van der Waals surface area contributed by atoms with Gasteiger partial charge in [0, 0.05) is 30.8 Å². The van der Waals surface area contributed by atoms with Gasteiger partial charge in [-0.2, -0.15) is 0 Å². The number of aliphatic hydroxyl groups excluding tert-OH is 1. The largest absolute Gasteiger partial charge is 0.496 e. The summed E-state index contributed by atoms with van der Waals surface area (Å²) in [5.41, 5.74) is 0.774. The van der Waals surface area contributed by atoms with E-state index in [0.29, 0.717) is 18.8 Å². The van der Waals surface area contributed by atoms with Crippen molar-refractivity contribution in [1.29, 1.82) is 0 Å². The topological polar surface area (TPSA) is 75.8 Å². The number of likely N-dealkylation sites (N-methyl/N-ethyl adjacent to an activating group) is 1. The van der Waals surface area contributed by atoms with Crippen LogP contribution in [-0.4, -0.2) is 42.2 Å². The number of non-ortho nitro benzene ring substituents is 1. The molecular formula is C11H16N2O4. The van der Waals surface area contributed by atoms with Crippen LogP contribution >= 0.6 is 0 Å². The van der Waals surface area contributed by atoms with Gasteiger partial charge < -0.3 is 9.84 Å². The van der Waals surface area contributed by atoms with Gasteiger partial charge in [-0.1, -0.05) is 0 Å². The maximum atomic E-state index is 10.7. The third kappa shape index (κ3) is 3.69. The highest BCUT2D eigenvalue weighted by Gasteiger charge is 2.12. The molecule has 0 spiro atoms. The first-order valence-electron chi connectivity index (χ1n) is 5.19. The number of methoxy groups -OCH3 is 1. The SMILES string of the molecule is COc1ccc([N+](=O)[O-])cc1CN(C)CCO. The molecule has 1 N–H and O–H groups in total. The molecule has 0 amide bonds. The Hall–Kier alpha value is -1.66. The molecule has 0 aliphatic rings. The van der Waals surface area contributed by atoms with E-state index in [0.717, 1.165) is 5.56 Å². The Morgan fingerprint density at radius 3 is 2.76 bits per heavy atom.